The van der Waals surface area contributed by atoms with Crippen LogP contribution in [0.25, 0.3) is 0 Å². The van der Waals surface area contributed by atoms with Gasteiger partial charge in [-0.1, -0.05) is 12.1 Å². The molecule has 0 aliphatic carbocycles. The first-order valence-electron chi connectivity index (χ1n) is 7.54. The van der Waals surface area contributed by atoms with Crippen LogP contribution >= 0.6 is 15.9 Å². The van der Waals surface area contributed by atoms with Crippen molar-refractivity contribution in [3.63, 3.8) is 0 Å². The number of furan rings is 1. The summed E-state index contributed by atoms with van der Waals surface area (Å²) < 4.78 is 6.35. The van der Waals surface area contributed by atoms with Crippen molar-refractivity contribution in [2.75, 3.05) is 18.4 Å². The number of hydrogen-bond acceptors (Lipinski definition) is 3. The van der Waals surface area contributed by atoms with Crippen LogP contribution in [-0.2, 0) is 6.54 Å². The summed E-state index contributed by atoms with van der Waals surface area (Å²) in [6.45, 7) is 5.65. The monoisotopic (exact) mass is 348 g/mol. The molecule has 2 heterocycles. The van der Waals surface area contributed by atoms with Crippen molar-refractivity contribution in [1.29, 1.82) is 0 Å². The number of benzene rings is 1. The highest BCUT2D eigenvalue weighted by atomic mass is 79.9. The fourth-order valence-electron chi connectivity index (χ4n) is 2.79. The highest BCUT2D eigenvalue weighted by Gasteiger charge is 2.12. The van der Waals surface area contributed by atoms with Crippen LogP contribution in [0.2, 0.25) is 0 Å². The Hall–Kier alpha value is -1.26. The first-order chi connectivity index (χ1) is 10.2. The van der Waals surface area contributed by atoms with E-state index in [9.17, 15) is 0 Å². The van der Waals surface area contributed by atoms with Gasteiger partial charge in [0.15, 0.2) is 4.67 Å². The predicted molar refractivity (Wildman–Crippen MR) is 89.4 cm³/mol. The molecular formula is C17H21BrN2O. The van der Waals surface area contributed by atoms with Crippen molar-refractivity contribution in [3.8, 4) is 0 Å². The van der Waals surface area contributed by atoms with E-state index in [1.54, 1.807) is 0 Å². The van der Waals surface area contributed by atoms with E-state index in [2.05, 4.69) is 57.3 Å². The van der Waals surface area contributed by atoms with Crippen LogP contribution in [0.15, 0.2) is 45.5 Å². The highest BCUT2D eigenvalue weighted by Crippen LogP contribution is 2.24. The van der Waals surface area contributed by atoms with Crippen molar-refractivity contribution < 1.29 is 4.42 Å². The lowest BCUT2D eigenvalue weighted by molar-refractivity contribution is 0.331. The van der Waals surface area contributed by atoms with Crippen molar-refractivity contribution in [3.05, 3.63) is 52.4 Å². The number of nitrogens with one attached hydrogen (secondary N) is 1. The van der Waals surface area contributed by atoms with E-state index in [-0.39, 0.29) is 6.04 Å². The van der Waals surface area contributed by atoms with Crippen LogP contribution in [0.4, 0.5) is 5.69 Å². The van der Waals surface area contributed by atoms with Gasteiger partial charge in [0.1, 0.15) is 5.76 Å². The summed E-state index contributed by atoms with van der Waals surface area (Å²) >= 11 is 3.34. The van der Waals surface area contributed by atoms with Gasteiger partial charge < -0.3 is 9.73 Å². The first-order valence-corrected chi connectivity index (χ1v) is 8.33. The van der Waals surface area contributed by atoms with Crippen LogP contribution in [0, 0.1) is 0 Å². The molecule has 112 valence electrons. The topological polar surface area (TPSA) is 28.4 Å². The van der Waals surface area contributed by atoms with Gasteiger partial charge >= 0.3 is 0 Å². The Kier molecular flexibility index (Phi) is 4.66. The molecule has 3 rings (SSSR count). The molecule has 1 unspecified atom stereocenters. The van der Waals surface area contributed by atoms with Gasteiger partial charge in [0.2, 0.25) is 0 Å². The second-order valence-electron chi connectivity index (χ2n) is 5.69. The van der Waals surface area contributed by atoms with Gasteiger partial charge in [-0.15, -0.1) is 0 Å². The highest BCUT2D eigenvalue weighted by molar-refractivity contribution is 9.10. The van der Waals surface area contributed by atoms with E-state index in [1.807, 2.05) is 12.1 Å². The lowest BCUT2D eigenvalue weighted by Crippen LogP contribution is -2.18. The van der Waals surface area contributed by atoms with Crippen molar-refractivity contribution >= 4 is 21.6 Å². The lowest BCUT2D eigenvalue weighted by atomic mass is 10.1. The molecule has 1 aromatic heterocycles. The second kappa shape index (κ2) is 6.67. The summed E-state index contributed by atoms with van der Waals surface area (Å²) in [7, 11) is 0. The molecule has 3 nitrogen and oxygen atoms in total. The minimum Gasteiger partial charge on any atom is -0.452 e. The molecule has 1 aliphatic rings. The van der Waals surface area contributed by atoms with E-state index in [0.29, 0.717) is 0 Å². The summed E-state index contributed by atoms with van der Waals surface area (Å²) in [6.07, 6.45) is 2.69. The number of anilines is 1. The largest absolute Gasteiger partial charge is 0.452 e. The number of likely N-dealkylation sites (tertiary alicyclic amines) is 1. The summed E-state index contributed by atoms with van der Waals surface area (Å²) in [4.78, 5) is 2.52. The summed E-state index contributed by atoms with van der Waals surface area (Å²) in [5.74, 6) is 0.933. The minimum absolute atomic E-state index is 0.153. The van der Waals surface area contributed by atoms with Gasteiger partial charge in [-0.05, 0) is 78.6 Å². The van der Waals surface area contributed by atoms with Crippen LogP contribution in [0.3, 0.4) is 0 Å². The molecule has 0 bridgehead atoms. The normalized spacial score (nSPS) is 17.0. The van der Waals surface area contributed by atoms with Gasteiger partial charge in [-0.3, -0.25) is 4.90 Å². The van der Waals surface area contributed by atoms with Gasteiger partial charge in [-0.2, -0.15) is 0 Å². The summed E-state index contributed by atoms with van der Waals surface area (Å²) in [5.41, 5.74) is 2.51. The molecular weight excluding hydrogens is 328 g/mol. The van der Waals surface area contributed by atoms with Crippen LogP contribution in [-0.4, -0.2) is 18.0 Å². The molecule has 1 N–H and O–H groups in total. The Labute approximate surface area is 134 Å². The minimum atomic E-state index is 0.153. The molecule has 4 heteroatoms. The van der Waals surface area contributed by atoms with Crippen molar-refractivity contribution in [1.82, 2.24) is 4.90 Å². The molecule has 1 aromatic carbocycles. The quantitative estimate of drug-likeness (QED) is 0.840. The van der Waals surface area contributed by atoms with E-state index >= 15 is 0 Å². The number of hydrogen-bond donors (Lipinski definition) is 1. The van der Waals surface area contributed by atoms with Crippen LogP contribution < -0.4 is 5.32 Å². The fraction of sp³-hybridized carbons (Fsp3) is 0.412. The standard InChI is InChI=1S/C17H21BrN2O/c1-13(16-8-9-17(18)21-16)19-15-6-4-14(5-7-15)12-20-10-2-3-11-20/h4-9,13,19H,2-3,10-12H2,1H3. The average molecular weight is 349 g/mol. The maximum atomic E-state index is 5.58. The third kappa shape index (κ3) is 3.89. The zero-order chi connectivity index (χ0) is 14.7. The summed E-state index contributed by atoms with van der Waals surface area (Å²) in [6, 6.07) is 12.8. The van der Waals surface area contributed by atoms with Gasteiger partial charge in [0.05, 0.1) is 6.04 Å². The van der Waals surface area contributed by atoms with Crippen molar-refractivity contribution in [2.45, 2.75) is 32.4 Å². The van der Waals surface area contributed by atoms with Crippen LogP contribution in [0.5, 0.6) is 0 Å². The Morgan fingerprint density at radius 1 is 1.14 bits per heavy atom. The lowest BCUT2D eigenvalue weighted by Gasteiger charge is -2.16. The molecule has 0 spiro atoms. The fourth-order valence-corrected chi connectivity index (χ4v) is 3.11. The number of rotatable bonds is 5. The Balaban J connectivity index is 1.58. The molecule has 1 saturated heterocycles. The maximum Gasteiger partial charge on any atom is 0.169 e. The van der Waals surface area contributed by atoms with Gasteiger partial charge in [-0.25, -0.2) is 0 Å². The maximum absolute atomic E-state index is 5.58. The molecule has 1 fully saturated rings. The zero-order valence-corrected chi connectivity index (χ0v) is 13.9. The third-order valence-electron chi connectivity index (χ3n) is 3.96. The van der Waals surface area contributed by atoms with E-state index in [1.165, 1.54) is 31.5 Å². The van der Waals surface area contributed by atoms with E-state index < -0.39 is 0 Å². The number of halogens is 1. The van der Waals surface area contributed by atoms with Crippen LogP contribution in [0.1, 0.15) is 37.1 Å². The predicted octanol–water partition coefficient (Wildman–Crippen LogP) is 4.81. The molecule has 0 saturated carbocycles. The SMILES string of the molecule is CC(Nc1ccc(CN2CCCC2)cc1)c1ccc(Br)o1. The second-order valence-corrected chi connectivity index (χ2v) is 6.47. The Morgan fingerprint density at radius 3 is 2.48 bits per heavy atom. The van der Waals surface area contributed by atoms with Gasteiger partial charge in [0.25, 0.3) is 0 Å². The Bertz CT molecular complexity index is 573. The zero-order valence-electron chi connectivity index (χ0n) is 12.3. The van der Waals surface area contributed by atoms with E-state index in [4.69, 9.17) is 4.42 Å². The first kappa shape index (κ1) is 14.7. The third-order valence-corrected chi connectivity index (χ3v) is 4.39. The Morgan fingerprint density at radius 2 is 1.86 bits per heavy atom. The summed E-state index contributed by atoms with van der Waals surface area (Å²) in [5, 5.41) is 3.46. The number of nitrogens with zero attached hydrogens (tertiary/aromatic N) is 1. The molecule has 0 radical (unpaired) electrons. The van der Waals surface area contributed by atoms with Crippen molar-refractivity contribution in [2.24, 2.45) is 0 Å². The molecule has 0 amide bonds. The smallest absolute Gasteiger partial charge is 0.169 e. The molecule has 1 atom stereocenters. The average Bonchev–Trinajstić information content (AvgIpc) is 3.12. The molecule has 1 aliphatic heterocycles. The molecule has 2 aromatic rings. The van der Waals surface area contributed by atoms with E-state index in [0.717, 1.165) is 22.7 Å². The van der Waals surface area contributed by atoms with Gasteiger partial charge in [0, 0.05) is 12.2 Å². The molecule has 21 heavy (non-hydrogen) atoms.